The SMILES string of the molecule is FC(F)(F)c1cccc(Nc2nc(Cl)ncc2Br)c1. The number of alkyl halides is 3. The molecule has 0 spiro atoms. The first kappa shape index (κ1) is 14.1. The lowest BCUT2D eigenvalue weighted by Gasteiger charge is -2.11. The van der Waals surface area contributed by atoms with E-state index in [9.17, 15) is 13.2 Å². The third-order valence-electron chi connectivity index (χ3n) is 2.17. The largest absolute Gasteiger partial charge is 0.416 e. The van der Waals surface area contributed by atoms with E-state index in [1.54, 1.807) is 0 Å². The summed E-state index contributed by atoms with van der Waals surface area (Å²) in [6.07, 6.45) is -2.98. The number of nitrogens with zero attached hydrogens (tertiary/aromatic N) is 2. The first-order valence-electron chi connectivity index (χ1n) is 4.98. The van der Waals surface area contributed by atoms with E-state index in [1.807, 2.05) is 0 Å². The fourth-order valence-electron chi connectivity index (χ4n) is 1.34. The predicted molar refractivity (Wildman–Crippen MR) is 69.5 cm³/mol. The van der Waals surface area contributed by atoms with E-state index in [0.29, 0.717) is 10.3 Å². The molecule has 0 saturated heterocycles. The summed E-state index contributed by atoms with van der Waals surface area (Å²) in [5.41, 5.74) is -0.487. The van der Waals surface area contributed by atoms with Crippen molar-refractivity contribution in [3.05, 3.63) is 45.8 Å². The van der Waals surface area contributed by atoms with Gasteiger partial charge in [0.2, 0.25) is 5.28 Å². The number of anilines is 2. The summed E-state index contributed by atoms with van der Waals surface area (Å²) in [5.74, 6) is 0.291. The Morgan fingerprint density at radius 1 is 1.26 bits per heavy atom. The Morgan fingerprint density at radius 3 is 2.68 bits per heavy atom. The van der Waals surface area contributed by atoms with Crippen LogP contribution in [0.1, 0.15) is 5.56 Å². The molecule has 1 heterocycles. The zero-order valence-electron chi connectivity index (χ0n) is 9.17. The molecule has 2 aromatic rings. The second-order valence-electron chi connectivity index (χ2n) is 3.54. The van der Waals surface area contributed by atoms with Gasteiger partial charge in [-0.15, -0.1) is 0 Å². The van der Waals surface area contributed by atoms with Crippen molar-refractivity contribution in [3.63, 3.8) is 0 Å². The number of hydrogen-bond acceptors (Lipinski definition) is 3. The topological polar surface area (TPSA) is 37.8 Å². The van der Waals surface area contributed by atoms with Gasteiger partial charge in [0.15, 0.2) is 0 Å². The van der Waals surface area contributed by atoms with Gasteiger partial charge in [-0.2, -0.15) is 18.2 Å². The fraction of sp³-hybridized carbons (Fsp3) is 0.0909. The Morgan fingerprint density at radius 2 is 2.00 bits per heavy atom. The van der Waals surface area contributed by atoms with Crippen molar-refractivity contribution < 1.29 is 13.2 Å². The average molecular weight is 353 g/mol. The fourth-order valence-corrected chi connectivity index (χ4v) is 1.77. The number of halogens is 5. The van der Waals surface area contributed by atoms with E-state index in [1.165, 1.54) is 18.3 Å². The maximum atomic E-state index is 12.6. The van der Waals surface area contributed by atoms with Gasteiger partial charge in [0.1, 0.15) is 5.82 Å². The lowest BCUT2D eigenvalue weighted by Crippen LogP contribution is -2.05. The molecule has 1 aromatic carbocycles. The van der Waals surface area contributed by atoms with Crippen LogP contribution in [0.15, 0.2) is 34.9 Å². The average Bonchev–Trinajstić information content (AvgIpc) is 2.33. The summed E-state index contributed by atoms with van der Waals surface area (Å²) in [6.45, 7) is 0. The highest BCUT2D eigenvalue weighted by Gasteiger charge is 2.30. The van der Waals surface area contributed by atoms with Crippen molar-refractivity contribution in [1.29, 1.82) is 0 Å². The molecule has 2 rings (SSSR count). The van der Waals surface area contributed by atoms with Gasteiger partial charge < -0.3 is 5.32 Å². The minimum Gasteiger partial charge on any atom is -0.339 e. The Bertz CT molecular complexity index is 604. The Kier molecular flexibility index (Phi) is 3.96. The summed E-state index contributed by atoms with van der Waals surface area (Å²) in [6, 6.07) is 4.79. The molecule has 0 atom stereocenters. The minimum absolute atomic E-state index is 0.00215. The first-order chi connectivity index (χ1) is 8.86. The molecule has 0 aliphatic carbocycles. The molecular formula is C11H6BrClF3N3. The monoisotopic (exact) mass is 351 g/mol. The molecule has 3 nitrogen and oxygen atoms in total. The molecule has 0 aliphatic rings. The van der Waals surface area contributed by atoms with Crippen LogP contribution >= 0.6 is 27.5 Å². The van der Waals surface area contributed by atoms with E-state index < -0.39 is 11.7 Å². The van der Waals surface area contributed by atoms with Crippen LogP contribution in [0.4, 0.5) is 24.7 Å². The zero-order valence-corrected chi connectivity index (χ0v) is 11.5. The zero-order chi connectivity index (χ0) is 14.0. The quantitative estimate of drug-likeness (QED) is 0.799. The van der Waals surface area contributed by atoms with E-state index in [2.05, 4.69) is 31.2 Å². The molecule has 8 heteroatoms. The standard InChI is InChI=1S/C11H6BrClF3N3/c12-8-5-17-10(13)19-9(8)18-7-3-1-2-6(4-7)11(14,15)16/h1-5H,(H,17,18,19). The smallest absolute Gasteiger partial charge is 0.339 e. The Hall–Kier alpha value is -1.34. The van der Waals surface area contributed by atoms with Gasteiger partial charge in [-0.25, -0.2) is 4.98 Å². The van der Waals surface area contributed by atoms with Crippen LogP contribution in [0.25, 0.3) is 0 Å². The molecule has 0 radical (unpaired) electrons. The lowest BCUT2D eigenvalue weighted by atomic mass is 10.2. The molecule has 100 valence electrons. The Balaban J connectivity index is 2.31. The lowest BCUT2D eigenvalue weighted by molar-refractivity contribution is -0.137. The van der Waals surface area contributed by atoms with E-state index in [-0.39, 0.29) is 11.0 Å². The highest BCUT2D eigenvalue weighted by molar-refractivity contribution is 9.10. The van der Waals surface area contributed by atoms with E-state index in [4.69, 9.17) is 11.6 Å². The molecule has 0 amide bonds. The number of benzene rings is 1. The maximum Gasteiger partial charge on any atom is 0.416 e. The number of rotatable bonds is 2. The van der Waals surface area contributed by atoms with Crippen LogP contribution in [0.2, 0.25) is 5.28 Å². The molecule has 1 aromatic heterocycles. The Labute approximate surface area is 120 Å². The highest BCUT2D eigenvalue weighted by atomic mass is 79.9. The number of hydrogen-bond donors (Lipinski definition) is 1. The van der Waals surface area contributed by atoms with Crippen molar-refractivity contribution in [2.24, 2.45) is 0 Å². The van der Waals surface area contributed by atoms with Gasteiger partial charge >= 0.3 is 6.18 Å². The van der Waals surface area contributed by atoms with Gasteiger partial charge in [-0.05, 0) is 45.7 Å². The third-order valence-corrected chi connectivity index (χ3v) is 2.93. The first-order valence-corrected chi connectivity index (χ1v) is 6.15. The minimum atomic E-state index is -4.39. The maximum absolute atomic E-state index is 12.6. The molecule has 1 N–H and O–H groups in total. The molecule has 0 bridgehead atoms. The number of nitrogens with one attached hydrogen (secondary N) is 1. The van der Waals surface area contributed by atoms with Crippen molar-refractivity contribution in [3.8, 4) is 0 Å². The van der Waals surface area contributed by atoms with Crippen LogP contribution in [-0.2, 0) is 6.18 Å². The van der Waals surface area contributed by atoms with E-state index >= 15 is 0 Å². The van der Waals surface area contributed by atoms with Crippen LogP contribution in [0.5, 0.6) is 0 Å². The molecule has 19 heavy (non-hydrogen) atoms. The van der Waals surface area contributed by atoms with Crippen LogP contribution < -0.4 is 5.32 Å². The van der Waals surface area contributed by atoms with E-state index in [0.717, 1.165) is 12.1 Å². The van der Waals surface area contributed by atoms with Crippen molar-refractivity contribution in [1.82, 2.24) is 9.97 Å². The normalized spacial score (nSPS) is 11.4. The summed E-state index contributed by atoms with van der Waals surface area (Å²) < 4.78 is 38.2. The molecule has 0 fully saturated rings. The van der Waals surface area contributed by atoms with Crippen molar-refractivity contribution in [2.45, 2.75) is 6.18 Å². The summed E-state index contributed by atoms with van der Waals surface area (Å²) in [4.78, 5) is 7.60. The van der Waals surface area contributed by atoms with Gasteiger partial charge in [0.25, 0.3) is 0 Å². The summed E-state index contributed by atoms with van der Waals surface area (Å²) in [7, 11) is 0. The highest BCUT2D eigenvalue weighted by Crippen LogP contribution is 2.32. The molecule has 0 saturated carbocycles. The van der Waals surface area contributed by atoms with Crippen molar-refractivity contribution in [2.75, 3.05) is 5.32 Å². The van der Waals surface area contributed by atoms with Gasteiger partial charge in [-0.3, -0.25) is 0 Å². The van der Waals surface area contributed by atoms with Crippen LogP contribution in [-0.4, -0.2) is 9.97 Å². The third kappa shape index (κ3) is 3.57. The van der Waals surface area contributed by atoms with Gasteiger partial charge in [0.05, 0.1) is 10.0 Å². The molecular weight excluding hydrogens is 346 g/mol. The summed E-state index contributed by atoms with van der Waals surface area (Å²) >= 11 is 8.80. The van der Waals surface area contributed by atoms with Gasteiger partial charge in [0, 0.05) is 11.9 Å². The second kappa shape index (κ2) is 5.34. The molecule has 0 unspecified atom stereocenters. The van der Waals surface area contributed by atoms with Crippen LogP contribution in [0.3, 0.4) is 0 Å². The van der Waals surface area contributed by atoms with Gasteiger partial charge in [-0.1, -0.05) is 6.07 Å². The predicted octanol–water partition coefficient (Wildman–Crippen LogP) is 4.65. The summed E-state index contributed by atoms with van der Waals surface area (Å²) in [5, 5.41) is 2.74. The van der Waals surface area contributed by atoms with Crippen LogP contribution in [0, 0.1) is 0 Å². The molecule has 0 aliphatic heterocycles. The van der Waals surface area contributed by atoms with Crippen molar-refractivity contribution >= 4 is 39.0 Å². The number of aromatic nitrogens is 2. The second-order valence-corrected chi connectivity index (χ2v) is 4.73.